The molecule has 170 valence electrons. The monoisotopic (exact) mass is 455 g/mol. The van der Waals surface area contributed by atoms with Crippen LogP contribution in [0.3, 0.4) is 0 Å². The Morgan fingerprint density at radius 1 is 0.848 bits per heavy atom. The highest BCUT2D eigenvalue weighted by molar-refractivity contribution is 6.01. The summed E-state index contributed by atoms with van der Waals surface area (Å²) in [6.07, 6.45) is -4.42. The lowest BCUT2D eigenvalue weighted by atomic mass is 9.97. The molecule has 0 atom stereocenters. The molecule has 1 heterocycles. The van der Waals surface area contributed by atoms with Gasteiger partial charge in [-0.15, -0.1) is 0 Å². The summed E-state index contributed by atoms with van der Waals surface area (Å²) in [6.45, 7) is 2.03. The number of amides is 1. The number of nitro groups is 1. The topological polar surface area (TPSA) is 66.7 Å². The van der Waals surface area contributed by atoms with Crippen LogP contribution >= 0.6 is 0 Å². The Morgan fingerprint density at radius 3 is 2.03 bits per heavy atom. The minimum Gasteiger partial charge on any atom is -0.368 e. The maximum absolute atomic E-state index is 13.2. The minimum absolute atomic E-state index is 0.0208. The predicted octanol–water partition coefficient (Wildman–Crippen LogP) is 5.24. The van der Waals surface area contributed by atoms with Crippen molar-refractivity contribution in [3.05, 3.63) is 94.0 Å². The summed E-state index contributed by atoms with van der Waals surface area (Å²) >= 11 is 0. The molecule has 0 aromatic heterocycles. The van der Waals surface area contributed by atoms with E-state index in [9.17, 15) is 28.1 Å². The molecule has 6 nitrogen and oxygen atoms in total. The minimum atomic E-state index is -4.42. The van der Waals surface area contributed by atoms with E-state index < -0.39 is 16.7 Å². The fraction of sp³-hybridized carbons (Fsp3) is 0.208. The number of non-ortho nitro benzene ring substituents is 1. The second-order valence-corrected chi connectivity index (χ2v) is 7.67. The van der Waals surface area contributed by atoms with Gasteiger partial charge in [0.05, 0.1) is 10.5 Å². The average molecular weight is 455 g/mol. The van der Waals surface area contributed by atoms with Crippen molar-refractivity contribution in [3.8, 4) is 11.1 Å². The number of halogens is 3. The number of hydrogen-bond acceptors (Lipinski definition) is 4. The predicted molar refractivity (Wildman–Crippen MR) is 118 cm³/mol. The van der Waals surface area contributed by atoms with Gasteiger partial charge in [-0.3, -0.25) is 14.9 Å². The molecule has 0 spiro atoms. The number of hydrogen-bond donors (Lipinski definition) is 0. The summed E-state index contributed by atoms with van der Waals surface area (Å²) in [5.41, 5.74) is 1.68. The Labute approximate surface area is 188 Å². The number of benzene rings is 3. The number of carbonyl (C=O) groups is 1. The number of piperazine rings is 1. The number of nitrogens with zero attached hydrogens (tertiary/aromatic N) is 3. The van der Waals surface area contributed by atoms with Gasteiger partial charge in [0.2, 0.25) is 0 Å². The first-order valence-electron chi connectivity index (χ1n) is 10.3. The van der Waals surface area contributed by atoms with Gasteiger partial charge in [-0.2, -0.15) is 13.2 Å². The Morgan fingerprint density at radius 2 is 1.45 bits per heavy atom. The third kappa shape index (κ3) is 4.82. The third-order valence-electron chi connectivity index (χ3n) is 5.67. The summed E-state index contributed by atoms with van der Waals surface area (Å²) in [6, 6.07) is 17.9. The van der Waals surface area contributed by atoms with E-state index >= 15 is 0 Å². The highest BCUT2D eigenvalue weighted by Crippen LogP contribution is 2.32. The van der Waals surface area contributed by atoms with Crippen molar-refractivity contribution in [1.82, 2.24) is 4.90 Å². The van der Waals surface area contributed by atoms with Gasteiger partial charge in [0.1, 0.15) is 0 Å². The number of rotatable bonds is 4. The Bertz CT molecular complexity index is 1150. The molecule has 1 aliphatic heterocycles. The van der Waals surface area contributed by atoms with Crippen LogP contribution in [-0.4, -0.2) is 41.9 Å². The number of alkyl halides is 3. The van der Waals surface area contributed by atoms with E-state index in [-0.39, 0.29) is 11.6 Å². The zero-order valence-electron chi connectivity index (χ0n) is 17.5. The van der Waals surface area contributed by atoms with Gasteiger partial charge in [0, 0.05) is 49.6 Å². The van der Waals surface area contributed by atoms with E-state index in [1.54, 1.807) is 41.3 Å². The van der Waals surface area contributed by atoms with E-state index in [1.807, 2.05) is 0 Å². The lowest BCUT2D eigenvalue weighted by molar-refractivity contribution is -0.384. The molecule has 1 aliphatic rings. The number of anilines is 1. The second-order valence-electron chi connectivity index (χ2n) is 7.67. The van der Waals surface area contributed by atoms with Crippen LogP contribution in [0.5, 0.6) is 0 Å². The first kappa shape index (κ1) is 22.3. The van der Waals surface area contributed by atoms with Crippen LogP contribution in [0.2, 0.25) is 0 Å². The molecule has 1 saturated heterocycles. The fourth-order valence-corrected chi connectivity index (χ4v) is 3.88. The van der Waals surface area contributed by atoms with Crippen LogP contribution in [-0.2, 0) is 6.18 Å². The first-order chi connectivity index (χ1) is 15.7. The Kier molecular flexibility index (Phi) is 6.04. The van der Waals surface area contributed by atoms with Crippen LogP contribution in [0.4, 0.5) is 24.5 Å². The van der Waals surface area contributed by atoms with E-state index in [2.05, 4.69) is 4.90 Å². The van der Waals surface area contributed by atoms with E-state index in [0.717, 1.165) is 17.8 Å². The number of carbonyl (C=O) groups excluding carboxylic acids is 1. The summed E-state index contributed by atoms with van der Waals surface area (Å²) < 4.78 is 38.7. The lowest BCUT2D eigenvalue weighted by Crippen LogP contribution is -2.48. The van der Waals surface area contributed by atoms with Crippen LogP contribution < -0.4 is 4.90 Å². The standard InChI is InChI=1S/C24H20F3N3O3/c25-24(26,27)18-7-5-17(6-8-18)21-3-1-2-4-22(21)23(31)29-15-13-28(14-16-29)19-9-11-20(12-10-19)30(32)33/h1-12H,13-16H2. The normalized spacial score (nSPS) is 14.3. The molecule has 0 unspecified atom stereocenters. The van der Waals surface area contributed by atoms with Crippen molar-refractivity contribution in [2.24, 2.45) is 0 Å². The van der Waals surface area contributed by atoms with Gasteiger partial charge in [-0.05, 0) is 41.5 Å². The lowest BCUT2D eigenvalue weighted by Gasteiger charge is -2.36. The summed E-state index contributed by atoms with van der Waals surface area (Å²) in [7, 11) is 0. The van der Waals surface area contributed by atoms with Crippen molar-refractivity contribution in [1.29, 1.82) is 0 Å². The maximum Gasteiger partial charge on any atom is 0.416 e. The maximum atomic E-state index is 13.2. The van der Waals surface area contributed by atoms with Gasteiger partial charge in [0.15, 0.2) is 0 Å². The van der Waals surface area contributed by atoms with Crippen LogP contribution in [0.1, 0.15) is 15.9 Å². The van der Waals surface area contributed by atoms with Gasteiger partial charge >= 0.3 is 6.18 Å². The smallest absolute Gasteiger partial charge is 0.368 e. The SMILES string of the molecule is O=C(c1ccccc1-c1ccc(C(F)(F)F)cc1)N1CCN(c2ccc([N+](=O)[O-])cc2)CC1. The molecule has 0 N–H and O–H groups in total. The van der Waals surface area contributed by atoms with Crippen molar-refractivity contribution < 1.29 is 22.9 Å². The molecular weight excluding hydrogens is 435 g/mol. The van der Waals surface area contributed by atoms with E-state index in [1.165, 1.54) is 24.3 Å². The quantitative estimate of drug-likeness (QED) is 0.399. The largest absolute Gasteiger partial charge is 0.416 e. The molecule has 0 saturated carbocycles. The van der Waals surface area contributed by atoms with E-state index in [4.69, 9.17) is 0 Å². The summed E-state index contributed by atoms with van der Waals surface area (Å²) in [5.74, 6) is -0.186. The van der Waals surface area contributed by atoms with Crippen molar-refractivity contribution >= 4 is 17.3 Å². The molecule has 33 heavy (non-hydrogen) atoms. The third-order valence-corrected chi connectivity index (χ3v) is 5.67. The molecule has 0 aliphatic carbocycles. The van der Waals surface area contributed by atoms with Crippen molar-refractivity contribution in [2.45, 2.75) is 6.18 Å². The first-order valence-corrected chi connectivity index (χ1v) is 10.3. The molecule has 3 aromatic rings. The van der Waals surface area contributed by atoms with Crippen LogP contribution in [0.25, 0.3) is 11.1 Å². The summed E-state index contributed by atoms with van der Waals surface area (Å²) in [5, 5.41) is 10.8. The molecule has 4 rings (SSSR count). The van der Waals surface area contributed by atoms with Gasteiger partial charge in [-0.1, -0.05) is 30.3 Å². The van der Waals surface area contributed by atoms with Crippen molar-refractivity contribution in [3.63, 3.8) is 0 Å². The Balaban J connectivity index is 1.48. The zero-order chi connectivity index (χ0) is 23.6. The van der Waals surface area contributed by atoms with Crippen LogP contribution in [0.15, 0.2) is 72.8 Å². The average Bonchev–Trinajstić information content (AvgIpc) is 2.83. The second kappa shape index (κ2) is 8.93. The van der Waals surface area contributed by atoms with E-state index in [0.29, 0.717) is 42.9 Å². The fourth-order valence-electron chi connectivity index (χ4n) is 3.88. The molecule has 0 bridgehead atoms. The van der Waals surface area contributed by atoms with Gasteiger partial charge in [0.25, 0.3) is 11.6 Å². The highest BCUT2D eigenvalue weighted by Gasteiger charge is 2.30. The zero-order valence-corrected chi connectivity index (χ0v) is 17.5. The van der Waals surface area contributed by atoms with Gasteiger partial charge in [-0.25, -0.2) is 0 Å². The van der Waals surface area contributed by atoms with Crippen LogP contribution in [0, 0.1) is 10.1 Å². The Hall–Kier alpha value is -3.88. The number of nitro benzene ring substituents is 1. The van der Waals surface area contributed by atoms with Crippen molar-refractivity contribution in [2.75, 3.05) is 31.1 Å². The van der Waals surface area contributed by atoms with Gasteiger partial charge < -0.3 is 9.80 Å². The molecule has 3 aromatic carbocycles. The molecule has 1 fully saturated rings. The summed E-state index contributed by atoms with van der Waals surface area (Å²) in [4.78, 5) is 27.4. The molecule has 1 amide bonds. The highest BCUT2D eigenvalue weighted by atomic mass is 19.4. The molecule has 0 radical (unpaired) electrons. The molecular formula is C24H20F3N3O3. The molecule has 9 heteroatoms.